The number of para-hydroxylation sites is 1. The van der Waals surface area contributed by atoms with Gasteiger partial charge in [0.15, 0.2) is 5.88 Å². The number of fused-ring (bicyclic) bond motifs is 1. The first-order valence-corrected chi connectivity index (χ1v) is 10.3. The van der Waals surface area contributed by atoms with Crippen LogP contribution in [0, 0.1) is 0 Å². The molecular formula is C22H21F3N6O2. The van der Waals surface area contributed by atoms with E-state index in [1.54, 1.807) is 29.3 Å². The number of alkyl halides is 3. The number of H-pyrrole nitrogens is 2. The highest BCUT2D eigenvalue weighted by Crippen LogP contribution is 2.49. The molecule has 4 aromatic rings. The quantitative estimate of drug-likeness (QED) is 0.372. The number of nitrogens with one attached hydrogen (secondary N) is 2. The molecule has 1 saturated heterocycles. The predicted octanol–water partition coefficient (Wildman–Crippen LogP) is 3.80. The largest absolute Gasteiger partial charge is 0.494 e. The molecule has 0 amide bonds. The van der Waals surface area contributed by atoms with E-state index in [0.29, 0.717) is 24.0 Å². The molecule has 0 atom stereocenters. The Balaban J connectivity index is 1.73. The number of benzene rings is 1. The maximum absolute atomic E-state index is 14.0. The fourth-order valence-corrected chi connectivity index (χ4v) is 4.17. The summed E-state index contributed by atoms with van der Waals surface area (Å²) < 4.78 is 41.9. The van der Waals surface area contributed by atoms with Gasteiger partial charge in [-0.15, -0.1) is 0 Å². The van der Waals surface area contributed by atoms with Crippen LogP contribution < -0.4 is 4.90 Å². The van der Waals surface area contributed by atoms with E-state index in [-0.39, 0.29) is 17.1 Å². The Bertz CT molecular complexity index is 1320. The standard InChI is InChI=1S/C22H21F3N6O2/c1-30-6-8-31(9-7-30)21-27-11-14(22(23,24)25)18(28-21)17-16(19(32)29-20(17)33)13-10-26-15-5-3-2-4-12(13)15/h2-5,10-11,26,29,32-33H,6-9H2,1H3. The molecule has 33 heavy (non-hydrogen) atoms. The molecule has 4 N–H and O–H groups in total. The number of hydrogen-bond acceptors (Lipinski definition) is 6. The first kappa shape index (κ1) is 21.1. The number of piperazine rings is 1. The van der Waals surface area contributed by atoms with Crippen molar-refractivity contribution in [3.8, 4) is 34.1 Å². The molecule has 172 valence electrons. The van der Waals surface area contributed by atoms with Gasteiger partial charge in [0, 0.05) is 55.0 Å². The third-order valence-electron chi connectivity index (χ3n) is 5.92. The molecule has 1 aliphatic heterocycles. The van der Waals surface area contributed by atoms with E-state index in [1.165, 1.54) is 0 Å². The maximum atomic E-state index is 14.0. The van der Waals surface area contributed by atoms with Gasteiger partial charge in [0.25, 0.3) is 0 Å². The number of likely N-dealkylation sites (N-methyl/N-ethyl adjacent to an activating group) is 1. The summed E-state index contributed by atoms with van der Waals surface area (Å²) in [7, 11) is 1.96. The topological polar surface area (TPSA) is 104 Å². The van der Waals surface area contributed by atoms with Crippen molar-refractivity contribution < 1.29 is 23.4 Å². The molecule has 0 bridgehead atoms. The van der Waals surface area contributed by atoms with Crippen molar-refractivity contribution in [3.05, 3.63) is 42.2 Å². The average molecular weight is 458 g/mol. The molecule has 1 aliphatic rings. The Morgan fingerprint density at radius 2 is 1.70 bits per heavy atom. The predicted molar refractivity (Wildman–Crippen MR) is 117 cm³/mol. The lowest BCUT2D eigenvalue weighted by Gasteiger charge is -2.32. The summed E-state index contributed by atoms with van der Waals surface area (Å²) in [5.41, 5.74) is -0.643. The zero-order chi connectivity index (χ0) is 23.3. The van der Waals surface area contributed by atoms with Crippen LogP contribution in [0.4, 0.5) is 19.1 Å². The summed E-state index contributed by atoms with van der Waals surface area (Å²) >= 11 is 0. The normalized spacial score (nSPS) is 15.5. The molecule has 3 aromatic heterocycles. The SMILES string of the molecule is CN1CCN(c2ncc(C(F)(F)F)c(-c3c(O)[nH]c(O)c3-c3c[nH]c4ccccc34)n2)CC1. The van der Waals surface area contributed by atoms with Crippen molar-refractivity contribution in [2.75, 3.05) is 38.1 Å². The number of aromatic nitrogens is 4. The number of rotatable bonds is 3. The number of aromatic hydroxyl groups is 2. The molecule has 11 heteroatoms. The van der Waals surface area contributed by atoms with Gasteiger partial charge in [-0.2, -0.15) is 13.2 Å². The summed E-state index contributed by atoms with van der Waals surface area (Å²) in [6.07, 6.45) is -2.46. The monoisotopic (exact) mass is 458 g/mol. The van der Waals surface area contributed by atoms with Gasteiger partial charge in [-0.1, -0.05) is 18.2 Å². The van der Waals surface area contributed by atoms with Crippen molar-refractivity contribution in [1.82, 2.24) is 24.8 Å². The second-order valence-corrected chi connectivity index (χ2v) is 8.04. The molecule has 8 nitrogen and oxygen atoms in total. The lowest BCUT2D eigenvalue weighted by molar-refractivity contribution is -0.137. The lowest BCUT2D eigenvalue weighted by atomic mass is 9.98. The Morgan fingerprint density at radius 1 is 1.00 bits per heavy atom. The third-order valence-corrected chi connectivity index (χ3v) is 5.92. The molecule has 4 heterocycles. The smallest absolute Gasteiger partial charge is 0.420 e. The highest BCUT2D eigenvalue weighted by atomic mass is 19.4. The number of anilines is 1. The van der Waals surface area contributed by atoms with Crippen LogP contribution in [-0.4, -0.2) is 68.3 Å². The highest BCUT2D eigenvalue weighted by Gasteiger charge is 2.38. The minimum atomic E-state index is -4.77. The second-order valence-electron chi connectivity index (χ2n) is 8.04. The first-order valence-electron chi connectivity index (χ1n) is 10.3. The Kier molecular flexibility index (Phi) is 4.93. The van der Waals surface area contributed by atoms with E-state index < -0.39 is 29.2 Å². The number of aromatic amines is 2. The van der Waals surface area contributed by atoms with Crippen molar-refractivity contribution in [1.29, 1.82) is 0 Å². The lowest BCUT2D eigenvalue weighted by Crippen LogP contribution is -2.45. The third kappa shape index (κ3) is 3.63. The highest BCUT2D eigenvalue weighted by molar-refractivity contribution is 6.02. The molecule has 0 spiro atoms. The van der Waals surface area contributed by atoms with Crippen LogP contribution in [0.15, 0.2) is 36.7 Å². The van der Waals surface area contributed by atoms with Crippen LogP contribution in [0.2, 0.25) is 0 Å². The first-order chi connectivity index (χ1) is 15.7. The second kappa shape index (κ2) is 7.69. The van der Waals surface area contributed by atoms with Gasteiger partial charge in [-0.25, -0.2) is 9.97 Å². The van der Waals surface area contributed by atoms with Crippen LogP contribution in [-0.2, 0) is 6.18 Å². The summed E-state index contributed by atoms with van der Waals surface area (Å²) in [6, 6.07) is 7.17. The van der Waals surface area contributed by atoms with Gasteiger partial charge in [-0.05, 0) is 13.1 Å². The van der Waals surface area contributed by atoms with Gasteiger partial charge in [0.2, 0.25) is 11.8 Å². The summed E-state index contributed by atoms with van der Waals surface area (Å²) in [5, 5.41) is 21.8. The molecule has 5 rings (SSSR count). The molecular weight excluding hydrogens is 437 g/mol. The average Bonchev–Trinajstić information content (AvgIpc) is 3.32. The number of hydrogen-bond donors (Lipinski definition) is 4. The zero-order valence-electron chi connectivity index (χ0n) is 17.6. The molecule has 0 unspecified atom stereocenters. The van der Waals surface area contributed by atoms with Crippen molar-refractivity contribution in [2.24, 2.45) is 0 Å². The zero-order valence-corrected chi connectivity index (χ0v) is 17.6. The van der Waals surface area contributed by atoms with E-state index in [2.05, 4.69) is 24.8 Å². The minimum absolute atomic E-state index is 0.0264. The van der Waals surface area contributed by atoms with Crippen LogP contribution in [0.5, 0.6) is 11.8 Å². The van der Waals surface area contributed by atoms with Crippen molar-refractivity contribution in [2.45, 2.75) is 6.18 Å². The Morgan fingerprint density at radius 3 is 2.42 bits per heavy atom. The van der Waals surface area contributed by atoms with E-state index >= 15 is 0 Å². The van der Waals surface area contributed by atoms with E-state index in [1.807, 2.05) is 13.1 Å². The number of halogens is 3. The van der Waals surface area contributed by atoms with Gasteiger partial charge in [-0.3, -0.25) is 4.98 Å². The van der Waals surface area contributed by atoms with Gasteiger partial charge >= 0.3 is 6.18 Å². The molecule has 1 fully saturated rings. The number of nitrogens with zero attached hydrogens (tertiary/aromatic N) is 4. The van der Waals surface area contributed by atoms with Gasteiger partial charge in [0.1, 0.15) is 5.56 Å². The summed E-state index contributed by atoms with van der Waals surface area (Å²) in [5.74, 6) is -0.933. The van der Waals surface area contributed by atoms with Crippen molar-refractivity contribution >= 4 is 16.9 Å². The van der Waals surface area contributed by atoms with Gasteiger partial charge < -0.3 is 25.0 Å². The van der Waals surface area contributed by atoms with E-state index in [0.717, 1.165) is 24.8 Å². The van der Waals surface area contributed by atoms with Crippen LogP contribution in [0.3, 0.4) is 0 Å². The molecule has 1 aromatic carbocycles. The molecule has 0 radical (unpaired) electrons. The van der Waals surface area contributed by atoms with Gasteiger partial charge in [0.05, 0.1) is 16.8 Å². The van der Waals surface area contributed by atoms with Crippen LogP contribution >= 0.6 is 0 Å². The molecule has 0 saturated carbocycles. The minimum Gasteiger partial charge on any atom is -0.494 e. The summed E-state index contributed by atoms with van der Waals surface area (Å²) in [4.78, 5) is 17.5. The fourth-order valence-electron chi connectivity index (χ4n) is 4.17. The van der Waals surface area contributed by atoms with E-state index in [9.17, 15) is 23.4 Å². The fraction of sp³-hybridized carbons (Fsp3) is 0.273. The Labute approximate surface area is 186 Å². The van der Waals surface area contributed by atoms with E-state index in [4.69, 9.17) is 0 Å². The van der Waals surface area contributed by atoms with Crippen molar-refractivity contribution in [3.63, 3.8) is 0 Å². The van der Waals surface area contributed by atoms with Crippen LogP contribution in [0.25, 0.3) is 33.3 Å². The molecule has 0 aliphatic carbocycles. The maximum Gasteiger partial charge on any atom is 0.420 e. The summed E-state index contributed by atoms with van der Waals surface area (Å²) in [6.45, 7) is 2.55. The van der Waals surface area contributed by atoms with Crippen LogP contribution in [0.1, 0.15) is 5.56 Å². The Hall–Kier alpha value is -3.73.